The van der Waals surface area contributed by atoms with Crippen LogP contribution in [0.25, 0.3) is 10.2 Å². The molecule has 0 unspecified atom stereocenters. The Bertz CT molecular complexity index is 1020. The standard InChI is InChI=1S/C19H17FN2OS/c1-22-17-15(20)7-4-8-16(17)24-19(22)21-18(23)14-10-9-12-5-2-3-6-13(12)11-14/h4,7-11H,2-3,5-6H2,1H3. The molecular formula is C19H17FN2OS. The van der Waals surface area contributed by atoms with Crippen LogP contribution in [0.5, 0.6) is 0 Å². The normalized spacial score (nSPS) is 14.8. The topological polar surface area (TPSA) is 34.4 Å². The van der Waals surface area contributed by atoms with Gasteiger partial charge in [0.05, 0.1) is 10.2 Å². The lowest BCUT2D eigenvalue weighted by molar-refractivity contribution is 0.0998. The number of amides is 1. The Balaban J connectivity index is 1.77. The number of aromatic nitrogens is 1. The number of carbonyl (C=O) groups excluding carboxylic acids is 1. The second kappa shape index (κ2) is 5.98. The van der Waals surface area contributed by atoms with E-state index in [0.717, 1.165) is 17.5 Å². The molecule has 2 aromatic carbocycles. The molecule has 0 atom stereocenters. The van der Waals surface area contributed by atoms with Crippen molar-refractivity contribution in [2.45, 2.75) is 25.7 Å². The fourth-order valence-corrected chi connectivity index (χ4v) is 4.31. The van der Waals surface area contributed by atoms with Crippen molar-refractivity contribution in [3.05, 3.63) is 63.7 Å². The van der Waals surface area contributed by atoms with Gasteiger partial charge in [-0.25, -0.2) is 4.39 Å². The molecule has 0 bridgehead atoms. The van der Waals surface area contributed by atoms with Gasteiger partial charge < -0.3 is 4.57 Å². The smallest absolute Gasteiger partial charge is 0.279 e. The summed E-state index contributed by atoms with van der Waals surface area (Å²) in [5, 5.41) is 0. The molecule has 24 heavy (non-hydrogen) atoms. The minimum atomic E-state index is -0.297. The third-order valence-corrected chi connectivity index (χ3v) is 5.66. The number of rotatable bonds is 1. The van der Waals surface area contributed by atoms with Crippen LogP contribution in [0.2, 0.25) is 0 Å². The van der Waals surface area contributed by atoms with E-state index in [1.54, 1.807) is 17.7 Å². The summed E-state index contributed by atoms with van der Waals surface area (Å²) >= 11 is 1.33. The minimum absolute atomic E-state index is 0.272. The number of nitrogens with zero attached hydrogens (tertiary/aromatic N) is 2. The van der Waals surface area contributed by atoms with Crippen LogP contribution in [0, 0.1) is 5.82 Å². The van der Waals surface area contributed by atoms with Crippen molar-refractivity contribution < 1.29 is 9.18 Å². The molecule has 4 rings (SSSR count). The largest absolute Gasteiger partial charge is 0.317 e. The van der Waals surface area contributed by atoms with E-state index >= 15 is 0 Å². The molecule has 1 heterocycles. The quantitative estimate of drug-likeness (QED) is 0.659. The van der Waals surface area contributed by atoms with Crippen LogP contribution in [-0.4, -0.2) is 10.5 Å². The Morgan fingerprint density at radius 3 is 2.75 bits per heavy atom. The first-order valence-electron chi connectivity index (χ1n) is 8.08. The molecule has 0 saturated carbocycles. The van der Waals surface area contributed by atoms with Gasteiger partial charge >= 0.3 is 0 Å². The molecule has 1 aliphatic rings. The van der Waals surface area contributed by atoms with Crippen LogP contribution in [-0.2, 0) is 19.9 Å². The molecular weight excluding hydrogens is 323 g/mol. The monoisotopic (exact) mass is 340 g/mol. The van der Waals surface area contributed by atoms with Crippen molar-refractivity contribution in [2.75, 3.05) is 0 Å². The van der Waals surface area contributed by atoms with Crippen molar-refractivity contribution in [1.29, 1.82) is 0 Å². The SMILES string of the molecule is Cn1c(=NC(=O)c2ccc3c(c2)CCCC3)sc2cccc(F)c21. The molecule has 0 aliphatic heterocycles. The predicted molar refractivity (Wildman–Crippen MR) is 93.7 cm³/mol. The van der Waals surface area contributed by atoms with Gasteiger partial charge in [-0.3, -0.25) is 4.79 Å². The van der Waals surface area contributed by atoms with Crippen LogP contribution in [0.1, 0.15) is 34.3 Å². The maximum atomic E-state index is 14.0. The van der Waals surface area contributed by atoms with Gasteiger partial charge in [0.25, 0.3) is 5.91 Å². The summed E-state index contributed by atoms with van der Waals surface area (Å²) in [5.74, 6) is -0.570. The number of hydrogen-bond acceptors (Lipinski definition) is 2. The lowest BCUT2D eigenvalue weighted by atomic mass is 9.90. The van der Waals surface area contributed by atoms with Gasteiger partial charge in [0, 0.05) is 12.6 Å². The summed E-state index contributed by atoms with van der Waals surface area (Å²) in [7, 11) is 1.74. The Hall–Kier alpha value is -2.27. The summed E-state index contributed by atoms with van der Waals surface area (Å²) in [6.45, 7) is 0. The molecule has 122 valence electrons. The fourth-order valence-electron chi connectivity index (χ4n) is 3.28. The average molecular weight is 340 g/mol. The molecule has 3 aromatic rings. The highest BCUT2D eigenvalue weighted by atomic mass is 32.1. The predicted octanol–water partition coefficient (Wildman–Crippen LogP) is 4.00. The van der Waals surface area contributed by atoms with Crippen LogP contribution < -0.4 is 4.80 Å². The Labute approximate surface area is 143 Å². The van der Waals surface area contributed by atoms with E-state index in [0.29, 0.717) is 15.9 Å². The Morgan fingerprint density at radius 1 is 1.17 bits per heavy atom. The second-order valence-electron chi connectivity index (χ2n) is 6.14. The van der Waals surface area contributed by atoms with Gasteiger partial charge in [-0.15, -0.1) is 0 Å². The van der Waals surface area contributed by atoms with Crippen molar-refractivity contribution in [3.8, 4) is 0 Å². The lowest BCUT2D eigenvalue weighted by Gasteiger charge is -2.15. The molecule has 3 nitrogen and oxygen atoms in total. The molecule has 1 aromatic heterocycles. The van der Waals surface area contributed by atoms with E-state index in [2.05, 4.69) is 4.99 Å². The summed E-state index contributed by atoms with van der Waals surface area (Å²) in [5.41, 5.74) is 3.69. The number of halogens is 1. The van der Waals surface area contributed by atoms with Crippen LogP contribution in [0.3, 0.4) is 0 Å². The highest BCUT2D eigenvalue weighted by Gasteiger charge is 2.13. The number of aryl methyl sites for hydroxylation is 3. The Morgan fingerprint density at radius 2 is 1.96 bits per heavy atom. The molecule has 0 fully saturated rings. The summed E-state index contributed by atoms with van der Waals surface area (Å²) in [4.78, 5) is 17.3. The zero-order chi connectivity index (χ0) is 16.7. The van der Waals surface area contributed by atoms with E-state index in [4.69, 9.17) is 0 Å². The third-order valence-electron chi connectivity index (χ3n) is 4.57. The molecule has 0 spiro atoms. The van der Waals surface area contributed by atoms with E-state index in [1.165, 1.54) is 41.4 Å². The summed E-state index contributed by atoms with van der Waals surface area (Å²) < 4.78 is 16.4. The van der Waals surface area contributed by atoms with Crippen molar-refractivity contribution >= 4 is 27.5 Å². The molecule has 1 amide bonds. The Kier molecular flexibility index (Phi) is 3.81. The maximum Gasteiger partial charge on any atom is 0.279 e. The van der Waals surface area contributed by atoms with Crippen molar-refractivity contribution in [1.82, 2.24) is 4.57 Å². The van der Waals surface area contributed by atoms with E-state index in [1.807, 2.05) is 24.3 Å². The van der Waals surface area contributed by atoms with Gasteiger partial charge in [-0.2, -0.15) is 4.99 Å². The molecule has 5 heteroatoms. The molecule has 1 aliphatic carbocycles. The van der Waals surface area contributed by atoms with Crippen molar-refractivity contribution in [2.24, 2.45) is 12.0 Å². The molecule has 0 N–H and O–H groups in total. The summed E-state index contributed by atoms with van der Waals surface area (Å²) in [6.07, 6.45) is 4.50. The fraction of sp³-hybridized carbons (Fsp3) is 0.263. The van der Waals surface area contributed by atoms with E-state index in [9.17, 15) is 9.18 Å². The number of thiazole rings is 1. The zero-order valence-corrected chi connectivity index (χ0v) is 14.2. The highest BCUT2D eigenvalue weighted by molar-refractivity contribution is 7.16. The highest BCUT2D eigenvalue weighted by Crippen LogP contribution is 2.23. The lowest BCUT2D eigenvalue weighted by Crippen LogP contribution is -2.14. The first-order chi connectivity index (χ1) is 11.6. The average Bonchev–Trinajstić information content (AvgIpc) is 2.91. The van der Waals surface area contributed by atoms with Gasteiger partial charge in [-0.1, -0.05) is 23.5 Å². The van der Waals surface area contributed by atoms with Gasteiger partial charge in [0.2, 0.25) is 0 Å². The van der Waals surface area contributed by atoms with Gasteiger partial charge in [0.15, 0.2) is 4.80 Å². The third kappa shape index (κ3) is 2.59. The van der Waals surface area contributed by atoms with Crippen LogP contribution in [0.4, 0.5) is 4.39 Å². The number of hydrogen-bond donors (Lipinski definition) is 0. The zero-order valence-electron chi connectivity index (χ0n) is 13.4. The summed E-state index contributed by atoms with van der Waals surface area (Å²) in [6, 6.07) is 10.8. The second-order valence-corrected chi connectivity index (χ2v) is 7.15. The van der Waals surface area contributed by atoms with Gasteiger partial charge in [-0.05, 0) is 61.1 Å². The number of carbonyl (C=O) groups is 1. The minimum Gasteiger partial charge on any atom is -0.317 e. The molecule has 0 saturated heterocycles. The number of fused-ring (bicyclic) bond motifs is 2. The van der Waals surface area contributed by atoms with Gasteiger partial charge in [0.1, 0.15) is 5.82 Å². The number of para-hydroxylation sites is 1. The van der Waals surface area contributed by atoms with Crippen LogP contribution >= 0.6 is 11.3 Å². The van der Waals surface area contributed by atoms with Crippen LogP contribution in [0.15, 0.2) is 41.4 Å². The van der Waals surface area contributed by atoms with Crippen molar-refractivity contribution in [3.63, 3.8) is 0 Å². The first kappa shape index (κ1) is 15.3. The van der Waals surface area contributed by atoms with E-state index < -0.39 is 0 Å². The first-order valence-corrected chi connectivity index (χ1v) is 8.90. The molecule has 0 radical (unpaired) electrons. The maximum absolute atomic E-state index is 14.0. The van der Waals surface area contributed by atoms with E-state index in [-0.39, 0.29) is 11.7 Å². The number of benzene rings is 2.